The Morgan fingerprint density at radius 1 is 1.10 bits per heavy atom. The van der Waals surface area contributed by atoms with Crippen LogP contribution in [0, 0.1) is 10.1 Å². The zero-order chi connectivity index (χ0) is 20.8. The van der Waals surface area contributed by atoms with Gasteiger partial charge in [0.15, 0.2) is 0 Å². The fourth-order valence-electron chi connectivity index (χ4n) is 2.53. The number of rotatable bonds is 8. The molecule has 0 fully saturated rings. The van der Waals surface area contributed by atoms with Crippen LogP contribution in [0.5, 0.6) is 5.75 Å². The number of aromatic carboxylic acids is 1. The number of carboxylic acids is 1. The summed E-state index contributed by atoms with van der Waals surface area (Å²) < 4.78 is 5.10. The molecule has 148 valence electrons. The van der Waals surface area contributed by atoms with Gasteiger partial charge in [0.25, 0.3) is 0 Å². The van der Waals surface area contributed by atoms with Gasteiger partial charge in [0.05, 0.1) is 17.6 Å². The predicted molar refractivity (Wildman–Crippen MR) is 106 cm³/mol. The highest BCUT2D eigenvalue weighted by molar-refractivity contribution is 5.88. The molecule has 0 bridgehead atoms. The van der Waals surface area contributed by atoms with Gasteiger partial charge in [0.1, 0.15) is 12.1 Å². The predicted octanol–water partition coefficient (Wildman–Crippen LogP) is 3.45. The van der Waals surface area contributed by atoms with Gasteiger partial charge < -0.3 is 20.5 Å². The normalized spacial score (nSPS) is 10.2. The van der Waals surface area contributed by atoms with Crippen molar-refractivity contribution in [1.82, 2.24) is 9.97 Å². The quantitative estimate of drug-likeness (QED) is 0.386. The van der Waals surface area contributed by atoms with E-state index in [2.05, 4.69) is 20.6 Å². The van der Waals surface area contributed by atoms with E-state index in [1.54, 1.807) is 19.2 Å². The van der Waals surface area contributed by atoms with Gasteiger partial charge in [-0.2, -0.15) is 0 Å². The summed E-state index contributed by atoms with van der Waals surface area (Å²) in [6.07, 6.45) is 1.21. The smallest absolute Gasteiger partial charge is 0.353 e. The molecule has 29 heavy (non-hydrogen) atoms. The van der Waals surface area contributed by atoms with E-state index in [9.17, 15) is 14.9 Å². The summed E-state index contributed by atoms with van der Waals surface area (Å²) in [5.74, 6) is -0.299. The minimum atomic E-state index is -1.06. The second-order valence-corrected chi connectivity index (χ2v) is 5.89. The van der Waals surface area contributed by atoms with E-state index in [1.807, 2.05) is 12.1 Å². The van der Waals surface area contributed by atoms with Crippen LogP contribution in [0.3, 0.4) is 0 Å². The summed E-state index contributed by atoms with van der Waals surface area (Å²) >= 11 is 0. The van der Waals surface area contributed by atoms with E-state index in [4.69, 9.17) is 9.84 Å². The van der Waals surface area contributed by atoms with Crippen LogP contribution in [0.15, 0.2) is 54.9 Å². The monoisotopic (exact) mass is 395 g/mol. The third-order valence-electron chi connectivity index (χ3n) is 4.02. The molecule has 3 rings (SSSR count). The first-order chi connectivity index (χ1) is 14.0. The average molecular weight is 395 g/mol. The first-order valence-electron chi connectivity index (χ1n) is 8.44. The van der Waals surface area contributed by atoms with Crippen LogP contribution in [0.4, 0.5) is 23.0 Å². The topological polar surface area (TPSA) is 140 Å². The SMILES string of the molecule is COc1ccc(CNc2ncnc(Nc3ccc(C(=O)O)cc3)c2[N+](=O)[O-])cc1. The summed E-state index contributed by atoms with van der Waals surface area (Å²) in [6.45, 7) is 0.314. The molecule has 10 nitrogen and oxygen atoms in total. The van der Waals surface area contributed by atoms with Crippen LogP contribution in [0.1, 0.15) is 15.9 Å². The maximum absolute atomic E-state index is 11.6. The van der Waals surface area contributed by atoms with Gasteiger partial charge in [0, 0.05) is 12.2 Å². The summed E-state index contributed by atoms with van der Waals surface area (Å²) in [4.78, 5) is 29.9. The molecule has 1 aromatic heterocycles. The van der Waals surface area contributed by atoms with Crippen LogP contribution in [-0.4, -0.2) is 33.1 Å². The highest BCUT2D eigenvalue weighted by Crippen LogP contribution is 2.31. The number of nitro groups is 1. The Balaban J connectivity index is 1.81. The number of carbonyl (C=O) groups is 1. The molecule has 0 aliphatic rings. The average Bonchev–Trinajstić information content (AvgIpc) is 2.73. The van der Waals surface area contributed by atoms with Gasteiger partial charge in [-0.05, 0) is 42.0 Å². The molecular formula is C19H17N5O5. The van der Waals surface area contributed by atoms with E-state index >= 15 is 0 Å². The standard InChI is InChI=1S/C19H17N5O5/c1-29-15-8-2-12(3-9-15)10-20-17-16(24(27)28)18(22-11-21-17)23-14-6-4-13(5-7-14)19(25)26/h2-9,11H,10H2,1H3,(H,25,26)(H2,20,21,22,23). The number of anilines is 3. The summed E-state index contributed by atoms with van der Waals surface area (Å²) in [5.41, 5.74) is 1.13. The molecule has 0 saturated carbocycles. The van der Waals surface area contributed by atoms with Crippen molar-refractivity contribution in [3.05, 3.63) is 76.1 Å². The zero-order valence-electron chi connectivity index (χ0n) is 15.3. The number of aromatic nitrogens is 2. The number of nitrogens with zero attached hydrogens (tertiary/aromatic N) is 3. The third kappa shape index (κ3) is 4.75. The van der Waals surface area contributed by atoms with E-state index in [0.717, 1.165) is 5.56 Å². The summed E-state index contributed by atoms with van der Waals surface area (Å²) in [5, 5.41) is 26.4. The first-order valence-corrected chi connectivity index (χ1v) is 8.44. The second-order valence-electron chi connectivity index (χ2n) is 5.89. The van der Waals surface area contributed by atoms with Crippen LogP contribution in [0.2, 0.25) is 0 Å². The Kier molecular flexibility index (Phi) is 5.83. The van der Waals surface area contributed by atoms with Gasteiger partial charge in [-0.15, -0.1) is 0 Å². The van der Waals surface area contributed by atoms with Crippen molar-refractivity contribution in [3.63, 3.8) is 0 Å². The molecule has 10 heteroatoms. The zero-order valence-corrected chi connectivity index (χ0v) is 15.3. The van der Waals surface area contributed by atoms with E-state index in [-0.39, 0.29) is 22.9 Å². The van der Waals surface area contributed by atoms with Crippen molar-refractivity contribution in [2.24, 2.45) is 0 Å². The van der Waals surface area contributed by atoms with Crippen molar-refractivity contribution in [1.29, 1.82) is 0 Å². The number of ether oxygens (including phenoxy) is 1. The van der Waals surface area contributed by atoms with Crippen molar-refractivity contribution >= 4 is 29.0 Å². The number of hydrogen-bond donors (Lipinski definition) is 3. The molecule has 0 amide bonds. The third-order valence-corrected chi connectivity index (χ3v) is 4.02. The molecule has 3 N–H and O–H groups in total. The van der Waals surface area contributed by atoms with Gasteiger partial charge in [-0.1, -0.05) is 12.1 Å². The molecule has 0 aliphatic heterocycles. The minimum absolute atomic E-state index is 0.00898. The fraction of sp³-hybridized carbons (Fsp3) is 0.105. The van der Waals surface area contributed by atoms with Gasteiger partial charge in [-0.3, -0.25) is 10.1 Å². The Bertz CT molecular complexity index is 1020. The lowest BCUT2D eigenvalue weighted by Crippen LogP contribution is -2.08. The first kappa shape index (κ1) is 19.5. The van der Waals surface area contributed by atoms with Crippen LogP contribution >= 0.6 is 0 Å². The Hall–Kier alpha value is -4.21. The summed E-state index contributed by atoms with van der Waals surface area (Å²) in [7, 11) is 1.57. The Morgan fingerprint density at radius 2 is 1.76 bits per heavy atom. The highest BCUT2D eigenvalue weighted by atomic mass is 16.6. The maximum atomic E-state index is 11.6. The maximum Gasteiger partial charge on any atom is 0.353 e. The number of benzene rings is 2. The number of carboxylic acid groups (broad SMARTS) is 1. The number of nitrogens with one attached hydrogen (secondary N) is 2. The van der Waals surface area contributed by atoms with Crippen LogP contribution in [-0.2, 0) is 6.54 Å². The van der Waals surface area contributed by atoms with Crippen molar-refractivity contribution in [2.75, 3.05) is 17.7 Å². The molecular weight excluding hydrogens is 378 g/mol. The molecule has 3 aromatic rings. The van der Waals surface area contributed by atoms with E-state index in [0.29, 0.717) is 18.0 Å². The van der Waals surface area contributed by atoms with Crippen molar-refractivity contribution < 1.29 is 19.6 Å². The van der Waals surface area contributed by atoms with Gasteiger partial charge >= 0.3 is 11.7 Å². The lowest BCUT2D eigenvalue weighted by molar-refractivity contribution is -0.383. The molecule has 0 unspecified atom stereocenters. The lowest BCUT2D eigenvalue weighted by Gasteiger charge is -2.10. The molecule has 0 aliphatic carbocycles. The van der Waals surface area contributed by atoms with Crippen LogP contribution in [0.25, 0.3) is 0 Å². The number of hydrogen-bond acceptors (Lipinski definition) is 8. The molecule has 2 aromatic carbocycles. The van der Waals surface area contributed by atoms with Crippen molar-refractivity contribution in [3.8, 4) is 5.75 Å². The molecule has 1 heterocycles. The molecule has 0 spiro atoms. The Morgan fingerprint density at radius 3 is 2.34 bits per heavy atom. The largest absolute Gasteiger partial charge is 0.497 e. The lowest BCUT2D eigenvalue weighted by atomic mass is 10.2. The highest BCUT2D eigenvalue weighted by Gasteiger charge is 2.23. The van der Waals surface area contributed by atoms with E-state index in [1.165, 1.54) is 30.6 Å². The van der Waals surface area contributed by atoms with E-state index < -0.39 is 10.9 Å². The molecule has 0 atom stereocenters. The Labute approximate surface area is 165 Å². The van der Waals surface area contributed by atoms with Crippen molar-refractivity contribution in [2.45, 2.75) is 6.54 Å². The van der Waals surface area contributed by atoms with Gasteiger partial charge in [0.2, 0.25) is 11.6 Å². The fourth-order valence-corrected chi connectivity index (χ4v) is 2.53. The van der Waals surface area contributed by atoms with Gasteiger partial charge in [-0.25, -0.2) is 14.8 Å². The van der Waals surface area contributed by atoms with Crippen LogP contribution < -0.4 is 15.4 Å². The molecule has 0 radical (unpaired) electrons. The molecule has 0 saturated heterocycles. The second kappa shape index (κ2) is 8.65. The number of methoxy groups -OCH3 is 1. The minimum Gasteiger partial charge on any atom is -0.497 e. The summed E-state index contributed by atoms with van der Waals surface area (Å²) in [6, 6.07) is 13.0.